The summed E-state index contributed by atoms with van der Waals surface area (Å²) in [6.45, 7) is 17.4. The second-order valence-corrected chi connectivity index (χ2v) is 26.4. The van der Waals surface area contributed by atoms with E-state index in [4.69, 9.17) is 28.9 Å². The van der Waals surface area contributed by atoms with Crippen molar-refractivity contribution in [3.63, 3.8) is 0 Å². The number of fused-ring (bicyclic) bond motifs is 7. The van der Waals surface area contributed by atoms with Gasteiger partial charge < -0.3 is 49.3 Å². The molecule has 14 rings (SSSR count). The Labute approximate surface area is 499 Å². The highest BCUT2D eigenvalue weighted by Gasteiger charge is 2.51. The zero-order chi connectivity index (χ0) is 58.4. The first kappa shape index (κ1) is 55.5. The fraction of sp³-hybridized carbons (Fsp3) is 0.508. The molecule has 85 heavy (non-hydrogen) atoms. The van der Waals surface area contributed by atoms with Crippen LogP contribution < -0.4 is 25.2 Å². The standard InChI is InChI=1S/C65H76N12O7S/c1-36(2)54(62(80)76-22-8-12-51(76)61(79)68-39(5)41-13-15-42(16-14-41)59-40(6)67-35-85-59)52-28-53(72-84-52)75-25-24-73(30-37(75)3)64(81)82-33-46-19-21-65(20-9-23-77(46)65)34-83-63-70-58-50(60(71-63)74-31-44-17-18-45(32-74)69-44)29-66-57-49-27-47(78)26-43-10-7-11-48(56(43)49)38(4)55(57)58/h7,10-11,13-16,26-29,35-39,44-46,51,54,69,78H,8-9,12,17-25,30-34H2,1-6H3,(H,68,79)/t37-,38?,39+,44?,45?,46+,51+,54?,65?/m1/s1. The number of nitrogens with one attached hydrogen (secondary N) is 2. The van der Waals surface area contributed by atoms with Crippen molar-refractivity contribution in [2.45, 2.75) is 147 Å². The molecule has 3 N–H and O–H groups in total. The summed E-state index contributed by atoms with van der Waals surface area (Å²) in [5.41, 5.74) is 9.47. The van der Waals surface area contributed by atoms with Crippen molar-refractivity contribution in [1.29, 1.82) is 0 Å². The molecule has 2 bridgehead atoms. The van der Waals surface area contributed by atoms with Crippen LogP contribution in [0.1, 0.15) is 132 Å². The van der Waals surface area contributed by atoms with E-state index < -0.39 is 12.0 Å². The number of piperazine rings is 2. The van der Waals surface area contributed by atoms with Crippen LogP contribution in [0, 0.1) is 12.8 Å². The number of anilines is 2. The van der Waals surface area contributed by atoms with Gasteiger partial charge in [-0.3, -0.25) is 19.5 Å². The van der Waals surface area contributed by atoms with Crippen LogP contribution in [0.15, 0.2) is 76.9 Å². The quantitative estimate of drug-likeness (QED) is 0.0926. The highest BCUT2D eigenvalue weighted by Crippen LogP contribution is 2.49. The Balaban J connectivity index is 0.610. The van der Waals surface area contributed by atoms with E-state index in [1.807, 2.05) is 75.8 Å². The van der Waals surface area contributed by atoms with Gasteiger partial charge in [-0.25, -0.2) is 9.78 Å². The van der Waals surface area contributed by atoms with E-state index in [1.165, 1.54) is 5.56 Å². The smallest absolute Gasteiger partial charge is 0.409 e. The van der Waals surface area contributed by atoms with Crippen molar-refractivity contribution in [3.05, 3.63) is 101 Å². The fourth-order valence-electron chi connectivity index (χ4n) is 15.5. The number of benzene rings is 3. The summed E-state index contributed by atoms with van der Waals surface area (Å²) in [4.78, 5) is 74.1. The molecule has 0 radical (unpaired) electrons. The van der Waals surface area contributed by atoms with Crippen molar-refractivity contribution in [2.75, 3.05) is 68.8 Å². The highest BCUT2D eigenvalue weighted by molar-refractivity contribution is 7.13. The number of rotatable bonds is 14. The van der Waals surface area contributed by atoms with E-state index in [9.17, 15) is 19.5 Å². The summed E-state index contributed by atoms with van der Waals surface area (Å²) in [7, 11) is 0. The molecular weight excluding hydrogens is 1090 g/mol. The molecule has 6 aliphatic heterocycles. The maximum atomic E-state index is 14.5. The van der Waals surface area contributed by atoms with Crippen LogP contribution in [0.5, 0.6) is 11.8 Å². The predicted molar refractivity (Wildman–Crippen MR) is 326 cm³/mol. The van der Waals surface area contributed by atoms with Crippen molar-refractivity contribution in [3.8, 4) is 33.5 Å². The van der Waals surface area contributed by atoms with Crippen LogP contribution in [0.4, 0.5) is 16.4 Å². The van der Waals surface area contributed by atoms with Gasteiger partial charge in [0.2, 0.25) is 11.8 Å². The average Bonchev–Trinajstić information content (AvgIpc) is 1.86. The minimum Gasteiger partial charge on any atom is -0.508 e. The first-order valence-corrected chi connectivity index (χ1v) is 31.7. The summed E-state index contributed by atoms with van der Waals surface area (Å²) in [5.74, 6) is 1.08. The summed E-state index contributed by atoms with van der Waals surface area (Å²) in [5, 5.41) is 25.4. The molecule has 9 atom stereocenters. The number of aromatic hydroxyl groups is 1. The molecule has 3 amide bonds. The lowest BCUT2D eigenvalue weighted by Gasteiger charge is -2.39. The van der Waals surface area contributed by atoms with Crippen LogP contribution in [0.3, 0.4) is 0 Å². The third-order valence-electron chi connectivity index (χ3n) is 19.9. The van der Waals surface area contributed by atoms with E-state index in [0.29, 0.717) is 68.9 Å². The normalized spacial score (nSPS) is 25.2. The number of likely N-dealkylation sites (tertiary alicyclic amines) is 1. The lowest BCUT2D eigenvalue weighted by molar-refractivity contribution is -0.141. The molecule has 0 spiro atoms. The van der Waals surface area contributed by atoms with Gasteiger partial charge in [-0.05, 0) is 124 Å². The van der Waals surface area contributed by atoms with Crippen LogP contribution >= 0.6 is 11.3 Å². The van der Waals surface area contributed by atoms with Crippen molar-refractivity contribution < 1.29 is 33.5 Å². The van der Waals surface area contributed by atoms with Gasteiger partial charge in [0, 0.05) is 92.7 Å². The number of amides is 3. The number of nitrogens with zero attached hydrogens (tertiary/aromatic N) is 10. The molecule has 4 aromatic heterocycles. The predicted octanol–water partition coefficient (Wildman–Crippen LogP) is 9.71. The molecule has 7 aliphatic rings. The first-order valence-electron chi connectivity index (χ1n) is 30.8. The van der Waals surface area contributed by atoms with Gasteiger partial charge in [-0.2, -0.15) is 9.97 Å². The number of aromatic nitrogens is 5. The largest absolute Gasteiger partial charge is 0.508 e. The van der Waals surface area contributed by atoms with Gasteiger partial charge in [0.05, 0.1) is 44.3 Å². The van der Waals surface area contributed by atoms with Gasteiger partial charge in [-0.15, -0.1) is 11.3 Å². The monoisotopic (exact) mass is 1170 g/mol. The van der Waals surface area contributed by atoms with Gasteiger partial charge in [-0.1, -0.05) is 68.4 Å². The average molecular weight is 1170 g/mol. The number of thiazole rings is 1. The molecule has 3 aromatic carbocycles. The third kappa shape index (κ3) is 9.98. The molecule has 20 heteroatoms. The Morgan fingerprint density at radius 1 is 0.918 bits per heavy atom. The molecular formula is C65H76N12O7S. The van der Waals surface area contributed by atoms with Crippen molar-refractivity contribution >= 4 is 62.6 Å². The number of carbonyl (C=O) groups excluding carboxylic acids is 3. The number of phenols is 1. The molecule has 6 saturated heterocycles. The minimum absolute atomic E-state index is 0.0115. The second kappa shape index (κ2) is 22.1. The number of pyridine rings is 1. The zero-order valence-corrected chi connectivity index (χ0v) is 50.2. The van der Waals surface area contributed by atoms with E-state index in [-0.39, 0.29) is 65.8 Å². The van der Waals surface area contributed by atoms with Crippen LogP contribution in [-0.4, -0.2) is 158 Å². The SMILES string of the molecule is Cc1ncsc1-c1ccc([C@H](C)NC(=O)[C@@H]2CCCN2C(=O)C(c2cc(N3CCN(C(=O)OC[C@@H]4CCC5(COc6nc(N7CC8CCC(C7)N8)c7cnc8c(c7n6)C(C)c6cccc7cc(O)cc-8c67)CCCN45)C[C@H]3C)no2)C(C)C)cc1. The number of hydrogen-bond donors (Lipinski definition) is 3. The second-order valence-electron chi connectivity index (χ2n) is 25.5. The summed E-state index contributed by atoms with van der Waals surface area (Å²) in [6, 6.07) is 20.3. The maximum Gasteiger partial charge on any atom is 0.409 e. The lowest BCUT2D eigenvalue weighted by atomic mass is 9.79. The molecule has 10 heterocycles. The topological polar surface area (TPSA) is 208 Å². The number of carbonyl (C=O) groups is 3. The molecule has 444 valence electrons. The van der Waals surface area contributed by atoms with Gasteiger partial charge in [0.25, 0.3) is 0 Å². The molecule has 0 saturated carbocycles. The van der Waals surface area contributed by atoms with Crippen LogP contribution in [-0.2, 0) is 14.3 Å². The summed E-state index contributed by atoms with van der Waals surface area (Å²) < 4.78 is 19.1. The number of phenolic OH excluding ortho intramolecular Hbond substituents is 1. The van der Waals surface area contributed by atoms with E-state index in [2.05, 4.69) is 73.6 Å². The molecule has 19 nitrogen and oxygen atoms in total. The Hall–Kier alpha value is -7.42. The lowest BCUT2D eigenvalue weighted by Crippen LogP contribution is -2.54. The number of hydrogen-bond acceptors (Lipinski definition) is 17. The fourth-order valence-corrected chi connectivity index (χ4v) is 16.3. The first-order chi connectivity index (χ1) is 41.2. The van der Waals surface area contributed by atoms with Gasteiger partial charge in [0.1, 0.15) is 36.7 Å². The highest BCUT2D eigenvalue weighted by atomic mass is 32.1. The zero-order valence-electron chi connectivity index (χ0n) is 49.4. The minimum atomic E-state index is -0.629. The Morgan fingerprint density at radius 3 is 2.52 bits per heavy atom. The Bertz CT molecular complexity index is 3710. The molecule has 7 aromatic rings. The Morgan fingerprint density at radius 2 is 1.74 bits per heavy atom. The van der Waals surface area contributed by atoms with Gasteiger partial charge >= 0.3 is 12.1 Å². The summed E-state index contributed by atoms with van der Waals surface area (Å²) >= 11 is 1.61. The van der Waals surface area contributed by atoms with Crippen molar-refractivity contribution in [2.24, 2.45) is 5.92 Å². The van der Waals surface area contributed by atoms with Crippen LogP contribution in [0.2, 0.25) is 0 Å². The van der Waals surface area contributed by atoms with E-state index in [1.54, 1.807) is 21.1 Å². The van der Waals surface area contributed by atoms with E-state index >= 15 is 0 Å². The third-order valence-corrected chi connectivity index (χ3v) is 20.8. The molecule has 6 fully saturated rings. The molecule has 5 unspecified atom stereocenters. The Kier molecular flexibility index (Phi) is 14.4. The van der Waals surface area contributed by atoms with Gasteiger partial charge in [0.15, 0.2) is 11.6 Å². The van der Waals surface area contributed by atoms with Crippen LogP contribution in [0.25, 0.3) is 43.4 Å². The number of aryl methyl sites for hydroxylation is 1. The summed E-state index contributed by atoms with van der Waals surface area (Å²) in [6.07, 6.45) is 8.98. The molecule has 1 aliphatic carbocycles. The number of ether oxygens (including phenoxy) is 2. The van der Waals surface area contributed by atoms with E-state index in [0.717, 1.165) is 131 Å². The van der Waals surface area contributed by atoms with Crippen molar-refractivity contribution in [1.82, 2.24) is 50.4 Å². The maximum absolute atomic E-state index is 14.5.